The molecule has 3 aromatic heterocycles. The summed E-state index contributed by atoms with van der Waals surface area (Å²) in [5.41, 5.74) is 8.90. The van der Waals surface area contributed by atoms with Crippen LogP contribution in [0.3, 0.4) is 0 Å². The number of hydrogen-bond donors (Lipinski definition) is 3. The van der Waals surface area contributed by atoms with E-state index in [0.29, 0.717) is 23.2 Å². The molecule has 1 fully saturated rings. The van der Waals surface area contributed by atoms with E-state index in [1.807, 2.05) is 0 Å². The number of halogens is 3. The van der Waals surface area contributed by atoms with Crippen molar-refractivity contribution in [2.45, 2.75) is 19.1 Å². The van der Waals surface area contributed by atoms with Gasteiger partial charge in [-0.15, -0.1) is 0 Å². The van der Waals surface area contributed by atoms with Crippen molar-refractivity contribution in [1.29, 1.82) is 5.26 Å². The van der Waals surface area contributed by atoms with Crippen LogP contribution in [0.15, 0.2) is 36.8 Å². The number of anilines is 3. The van der Waals surface area contributed by atoms with Gasteiger partial charge in [-0.1, -0.05) is 18.0 Å². The number of piperazine rings is 1. The summed E-state index contributed by atoms with van der Waals surface area (Å²) in [6, 6.07) is 12.1. The summed E-state index contributed by atoms with van der Waals surface area (Å²) in [4.78, 5) is 22.7. The predicted octanol–water partition coefficient (Wildman–Crippen LogP) is 4.10. The van der Waals surface area contributed by atoms with Crippen LogP contribution in [-0.4, -0.2) is 67.3 Å². The van der Waals surface area contributed by atoms with Crippen LogP contribution in [0, 0.1) is 23.5 Å². The molecule has 5 rings (SSSR count). The molecule has 1 aliphatic heterocycles. The summed E-state index contributed by atoms with van der Waals surface area (Å²) in [5, 5.41) is 19.0. The fraction of sp³-hybridized carbons (Fsp3) is 0.296. The zero-order valence-corrected chi connectivity index (χ0v) is 23.2. The second-order valence-electron chi connectivity index (χ2n) is 9.35. The van der Waals surface area contributed by atoms with Crippen molar-refractivity contribution in [1.82, 2.24) is 28.8 Å². The molecule has 0 bridgehead atoms. The first kappa shape index (κ1) is 28.9. The van der Waals surface area contributed by atoms with Gasteiger partial charge < -0.3 is 11.1 Å². The number of alkyl halides is 3. The third-order valence-corrected chi connectivity index (χ3v) is 7.66. The van der Waals surface area contributed by atoms with Gasteiger partial charge >= 0.3 is 12.2 Å². The molecule has 1 aromatic carbocycles. The fourth-order valence-electron chi connectivity index (χ4n) is 4.77. The summed E-state index contributed by atoms with van der Waals surface area (Å²) in [6.45, 7) is 4.10. The van der Waals surface area contributed by atoms with E-state index in [1.54, 1.807) is 28.6 Å². The van der Waals surface area contributed by atoms with Gasteiger partial charge in [-0.25, -0.2) is 23.6 Å². The van der Waals surface area contributed by atoms with Crippen molar-refractivity contribution in [2.24, 2.45) is 0 Å². The molecule has 4 heterocycles. The van der Waals surface area contributed by atoms with Crippen LogP contribution in [0.1, 0.15) is 16.8 Å². The number of nitrogens with zero attached hydrogens (tertiary/aromatic N) is 7. The van der Waals surface area contributed by atoms with Crippen LogP contribution in [0.2, 0.25) is 0 Å². The van der Waals surface area contributed by atoms with Gasteiger partial charge in [-0.3, -0.25) is 10.2 Å². The lowest BCUT2D eigenvalue weighted by molar-refractivity contribution is -0.137. The molecule has 4 N–H and O–H groups in total. The average Bonchev–Trinajstić information content (AvgIpc) is 3.27. The van der Waals surface area contributed by atoms with Crippen LogP contribution < -0.4 is 16.4 Å². The number of nitrogen functional groups attached to an aromatic ring is 1. The van der Waals surface area contributed by atoms with Crippen LogP contribution in [-0.2, 0) is 19.1 Å². The Morgan fingerprint density at radius 3 is 2.62 bits per heavy atom. The number of aromatic nitrogens is 4. The Morgan fingerprint density at radius 2 is 1.95 bits per heavy atom. The van der Waals surface area contributed by atoms with Crippen molar-refractivity contribution in [3.05, 3.63) is 65.7 Å². The molecule has 0 saturated carbocycles. The van der Waals surface area contributed by atoms with E-state index in [-0.39, 0.29) is 23.7 Å². The average molecular weight is 595 g/mol. The Hall–Kier alpha value is -4.57. The zero-order chi connectivity index (χ0) is 29.9. The summed E-state index contributed by atoms with van der Waals surface area (Å²) < 4.78 is 42.9. The monoisotopic (exact) mass is 594 g/mol. The molecule has 11 nitrogen and oxygen atoms in total. The number of carbonyl (C=O) groups excluding carboxylic acids is 1. The number of hydrogen-bond acceptors (Lipinski definition) is 9. The van der Waals surface area contributed by atoms with E-state index < -0.39 is 17.8 Å². The number of nitriles is 1. The first-order valence-corrected chi connectivity index (χ1v) is 13.9. The second-order valence-corrected chi connectivity index (χ2v) is 10.2. The molecule has 0 aliphatic carbocycles. The highest BCUT2D eigenvalue weighted by Crippen LogP contribution is 2.36. The Morgan fingerprint density at radius 1 is 1.17 bits per heavy atom. The quantitative estimate of drug-likeness (QED) is 0.270. The van der Waals surface area contributed by atoms with Crippen LogP contribution in [0.4, 0.5) is 35.3 Å². The molecule has 42 heavy (non-hydrogen) atoms. The Bertz CT molecular complexity index is 1630. The molecule has 2 amide bonds. The number of nitrogens with one attached hydrogen (secondary N) is 2. The number of rotatable bonds is 7. The molecule has 1 aliphatic rings. The second kappa shape index (κ2) is 12.1. The van der Waals surface area contributed by atoms with Crippen LogP contribution in [0.25, 0.3) is 16.6 Å². The normalized spacial score (nSPS) is 14.4. The fourth-order valence-corrected chi connectivity index (χ4v) is 5.30. The van der Waals surface area contributed by atoms with Crippen molar-refractivity contribution in [3.63, 3.8) is 0 Å². The minimum absolute atomic E-state index is 0.0957. The van der Waals surface area contributed by atoms with Gasteiger partial charge in [-0.2, -0.15) is 23.5 Å². The third-order valence-electron chi connectivity index (χ3n) is 6.77. The van der Waals surface area contributed by atoms with E-state index in [2.05, 4.69) is 59.4 Å². The summed E-state index contributed by atoms with van der Waals surface area (Å²) in [5.74, 6) is -0.0246. The molecule has 216 valence electrons. The van der Waals surface area contributed by atoms with Gasteiger partial charge in [0.25, 0.3) is 0 Å². The molecule has 1 saturated heterocycles. The van der Waals surface area contributed by atoms with E-state index in [9.17, 15) is 23.2 Å². The van der Waals surface area contributed by atoms with Crippen molar-refractivity contribution in [3.8, 4) is 17.2 Å². The lowest BCUT2D eigenvalue weighted by Gasteiger charge is -2.33. The number of carbonyl (C=O) groups is 1. The first-order valence-electron chi connectivity index (χ1n) is 12.7. The van der Waals surface area contributed by atoms with Gasteiger partial charge in [0.1, 0.15) is 17.7 Å². The lowest BCUT2D eigenvalue weighted by Crippen LogP contribution is -2.43. The molecular weight excluding hydrogens is 569 g/mol. The third kappa shape index (κ3) is 6.18. The van der Waals surface area contributed by atoms with Crippen molar-refractivity contribution < 1.29 is 18.0 Å². The molecular formula is C27H25F3N10OS. The van der Waals surface area contributed by atoms with Crippen molar-refractivity contribution >= 4 is 40.8 Å². The first-order chi connectivity index (χ1) is 20.2. The highest BCUT2D eigenvalue weighted by molar-refractivity contribution is 7.96. The maximum atomic E-state index is 13.0. The molecule has 0 spiro atoms. The Kier molecular flexibility index (Phi) is 8.35. The van der Waals surface area contributed by atoms with Gasteiger partial charge in [0, 0.05) is 50.0 Å². The van der Waals surface area contributed by atoms with Gasteiger partial charge in [0.15, 0.2) is 5.82 Å². The van der Waals surface area contributed by atoms with Gasteiger partial charge in [0.05, 0.1) is 29.4 Å². The van der Waals surface area contributed by atoms with Crippen LogP contribution >= 0.6 is 11.9 Å². The Balaban J connectivity index is 1.41. The predicted molar refractivity (Wildman–Crippen MR) is 152 cm³/mol. The summed E-state index contributed by atoms with van der Waals surface area (Å²) in [7, 11) is 0. The minimum atomic E-state index is -4.57. The lowest BCUT2D eigenvalue weighted by atomic mass is 9.99. The number of nitrogens with two attached hydrogens (primary N) is 1. The summed E-state index contributed by atoms with van der Waals surface area (Å²) >= 11 is 1.72. The van der Waals surface area contributed by atoms with Gasteiger partial charge in [-0.05, 0) is 42.2 Å². The van der Waals surface area contributed by atoms with E-state index in [0.717, 1.165) is 55.8 Å². The minimum Gasteiger partial charge on any atom is -0.382 e. The standard InChI is InChI=1S/C27H25F3N10OS/c1-42-39-12-10-38(11-13-39)15-21-20(6-8-31)23(24-25(32)34-16-35-40(21)24)17-2-4-19(5-3-17)36-26(41)37-22-14-18(7-9-33-22)27(28,29)30/h2,4,7,9,14,16H,6,10-13,15H2,1H3,(H2,32,34,35)(H2,33,36,37,41). The highest BCUT2D eigenvalue weighted by Gasteiger charge is 2.31. The SMILES string of the molecule is CSN1CCN(Cc2c(CC#N)c(-c3c#cc(NC(=O)Nc4cc(C(F)(F)F)ccn4)cc3)c3c(N)ncnn23)CC1. The number of amides is 2. The maximum Gasteiger partial charge on any atom is 0.416 e. The molecule has 15 heteroatoms. The van der Waals surface area contributed by atoms with Crippen molar-refractivity contribution in [2.75, 3.05) is 48.8 Å². The molecule has 0 atom stereocenters. The number of urea groups is 1. The zero-order valence-electron chi connectivity index (χ0n) is 22.4. The van der Waals surface area contributed by atoms with E-state index in [4.69, 9.17) is 5.73 Å². The largest absolute Gasteiger partial charge is 0.416 e. The molecule has 4 aromatic rings. The smallest absolute Gasteiger partial charge is 0.382 e. The van der Waals surface area contributed by atoms with E-state index in [1.165, 1.54) is 6.33 Å². The summed E-state index contributed by atoms with van der Waals surface area (Å²) in [6.07, 6.45) is -0.0836. The maximum absolute atomic E-state index is 13.0. The number of pyridine rings is 1. The Labute approximate surface area is 243 Å². The molecule has 0 radical (unpaired) electrons. The molecule has 0 unspecified atom stereocenters. The highest BCUT2D eigenvalue weighted by atomic mass is 32.2. The van der Waals surface area contributed by atoms with Crippen LogP contribution in [0.5, 0.6) is 0 Å². The topological polar surface area (TPSA) is 140 Å². The van der Waals surface area contributed by atoms with E-state index >= 15 is 0 Å². The number of fused-ring (bicyclic) bond motifs is 1. The van der Waals surface area contributed by atoms with Gasteiger partial charge in [0.2, 0.25) is 0 Å².